The van der Waals surface area contributed by atoms with Crippen molar-refractivity contribution in [1.29, 1.82) is 0 Å². The molecule has 1 N–H and O–H groups in total. The molecule has 2 aromatic rings. The Bertz CT molecular complexity index is 1080. The third-order valence-electron chi connectivity index (χ3n) is 6.01. The summed E-state index contributed by atoms with van der Waals surface area (Å²) in [5, 5.41) is 2.66. The van der Waals surface area contributed by atoms with Crippen LogP contribution in [0, 0.1) is 6.92 Å². The summed E-state index contributed by atoms with van der Waals surface area (Å²) in [6.45, 7) is 4.13. The van der Waals surface area contributed by atoms with Crippen molar-refractivity contribution in [3.8, 4) is 0 Å². The van der Waals surface area contributed by atoms with E-state index in [4.69, 9.17) is 4.74 Å². The van der Waals surface area contributed by atoms with E-state index in [1.807, 2.05) is 19.1 Å². The molecule has 0 aromatic heterocycles. The summed E-state index contributed by atoms with van der Waals surface area (Å²) in [4.78, 5) is 53.7. The summed E-state index contributed by atoms with van der Waals surface area (Å²) >= 11 is 0. The van der Waals surface area contributed by atoms with Gasteiger partial charge >= 0.3 is 0 Å². The molecule has 0 saturated carbocycles. The average Bonchev–Trinajstić information content (AvgIpc) is 3.40. The summed E-state index contributed by atoms with van der Waals surface area (Å²) in [6.07, 6.45) is 1.46. The SMILES string of the molecule is CC(=O)Nc1ccc(N2C(=O)CC(N(CC3CCCO3)C(=O)c3ccccc3C)C2=O)cc1. The van der Waals surface area contributed by atoms with Crippen LogP contribution in [0.15, 0.2) is 48.5 Å². The Morgan fingerprint density at radius 3 is 2.48 bits per heavy atom. The third kappa shape index (κ3) is 4.80. The maximum Gasteiger partial charge on any atom is 0.257 e. The molecule has 0 aliphatic carbocycles. The van der Waals surface area contributed by atoms with Crippen molar-refractivity contribution in [2.24, 2.45) is 0 Å². The second-order valence-electron chi connectivity index (χ2n) is 8.42. The van der Waals surface area contributed by atoms with Crippen molar-refractivity contribution in [2.75, 3.05) is 23.4 Å². The number of anilines is 2. The van der Waals surface area contributed by atoms with E-state index in [1.54, 1.807) is 36.4 Å². The lowest BCUT2D eigenvalue weighted by atomic mass is 10.0. The second kappa shape index (κ2) is 9.54. The Labute approximate surface area is 192 Å². The minimum Gasteiger partial charge on any atom is -0.376 e. The van der Waals surface area contributed by atoms with Crippen molar-refractivity contribution in [1.82, 2.24) is 4.90 Å². The molecule has 2 aromatic carbocycles. The van der Waals surface area contributed by atoms with E-state index in [1.165, 1.54) is 11.8 Å². The summed E-state index contributed by atoms with van der Waals surface area (Å²) in [5.41, 5.74) is 2.29. The second-order valence-corrected chi connectivity index (χ2v) is 8.42. The molecule has 0 spiro atoms. The zero-order chi connectivity index (χ0) is 23.5. The highest BCUT2D eigenvalue weighted by Gasteiger charge is 2.45. The predicted molar refractivity (Wildman–Crippen MR) is 123 cm³/mol. The molecule has 172 valence electrons. The summed E-state index contributed by atoms with van der Waals surface area (Å²) in [6, 6.07) is 12.8. The first-order valence-electron chi connectivity index (χ1n) is 11.1. The van der Waals surface area contributed by atoms with E-state index < -0.39 is 11.9 Å². The highest BCUT2D eigenvalue weighted by atomic mass is 16.5. The largest absolute Gasteiger partial charge is 0.376 e. The van der Waals surface area contributed by atoms with Gasteiger partial charge in [-0.1, -0.05) is 18.2 Å². The predicted octanol–water partition coefficient (Wildman–Crippen LogP) is 2.91. The van der Waals surface area contributed by atoms with E-state index in [0.29, 0.717) is 23.5 Å². The average molecular weight is 450 g/mol. The lowest BCUT2D eigenvalue weighted by molar-refractivity contribution is -0.123. The van der Waals surface area contributed by atoms with Crippen LogP contribution in [-0.4, -0.2) is 53.8 Å². The van der Waals surface area contributed by atoms with Gasteiger partial charge < -0.3 is 15.0 Å². The van der Waals surface area contributed by atoms with Crippen LogP contribution in [0.25, 0.3) is 0 Å². The summed E-state index contributed by atoms with van der Waals surface area (Å²) in [7, 11) is 0. The van der Waals surface area contributed by atoms with Gasteiger partial charge in [0, 0.05) is 31.3 Å². The van der Waals surface area contributed by atoms with Gasteiger partial charge in [0.25, 0.3) is 11.8 Å². The lowest BCUT2D eigenvalue weighted by Gasteiger charge is -2.30. The zero-order valence-corrected chi connectivity index (χ0v) is 18.7. The number of hydrogen-bond donors (Lipinski definition) is 1. The van der Waals surface area contributed by atoms with E-state index in [0.717, 1.165) is 23.3 Å². The maximum atomic E-state index is 13.5. The molecular weight excluding hydrogens is 422 g/mol. The quantitative estimate of drug-likeness (QED) is 0.684. The fourth-order valence-corrected chi connectivity index (χ4v) is 4.35. The van der Waals surface area contributed by atoms with Gasteiger partial charge in [-0.3, -0.25) is 19.2 Å². The number of aryl methyl sites for hydroxylation is 1. The van der Waals surface area contributed by atoms with Gasteiger partial charge in [-0.2, -0.15) is 0 Å². The number of benzene rings is 2. The Hall–Kier alpha value is -3.52. The van der Waals surface area contributed by atoms with Crippen molar-refractivity contribution in [2.45, 2.75) is 45.3 Å². The first-order chi connectivity index (χ1) is 15.8. The van der Waals surface area contributed by atoms with Crippen LogP contribution in [0.5, 0.6) is 0 Å². The van der Waals surface area contributed by atoms with E-state index in [9.17, 15) is 19.2 Å². The van der Waals surface area contributed by atoms with Crippen LogP contribution in [-0.2, 0) is 19.1 Å². The Morgan fingerprint density at radius 1 is 1.12 bits per heavy atom. The maximum absolute atomic E-state index is 13.5. The zero-order valence-electron chi connectivity index (χ0n) is 18.7. The molecule has 8 nitrogen and oxygen atoms in total. The van der Waals surface area contributed by atoms with Gasteiger partial charge in [0.05, 0.1) is 18.2 Å². The number of carbonyl (C=O) groups is 4. The van der Waals surface area contributed by atoms with Crippen LogP contribution < -0.4 is 10.2 Å². The molecule has 2 aliphatic heterocycles. The van der Waals surface area contributed by atoms with Crippen LogP contribution in [0.2, 0.25) is 0 Å². The number of imide groups is 1. The standard InChI is InChI=1S/C25H27N3O5/c1-16-6-3-4-8-21(16)24(31)27(15-20-7-5-13-33-20)22-14-23(30)28(25(22)32)19-11-9-18(10-12-19)26-17(2)29/h3-4,6,8-12,20,22H,5,7,13-15H2,1-2H3,(H,26,29). The fraction of sp³-hybridized carbons (Fsp3) is 0.360. The molecule has 2 saturated heterocycles. The number of hydrogen-bond acceptors (Lipinski definition) is 5. The molecule has 4 amide bonds. The molecular formula is C25H27N3O5. The summed E-state index contributed by atoms with van der Waals surface area (Å²) < 4.78 is 5.74. The first-order valence-corrected chi connectivity index (χ1v) is 11.1. The molecule has 2 atom stereocenters. The lowest BCUT2D eigenvalue weighted by Crippen LogP contribution is -2.48. The number of rotatable bonds is 6. The van der Waals surface area contributed by atoms with Gasteiger partial charge in [-0.25, -0.2) is 4.90 Å². The van der Waals surface area contributed by atoms with Gasteiger partial charge in [0.15, 0.2) is 0 Å². The first kappa shape index (κ1) is 22.7. The van der Waals surface area contributed by atoms with E-state index in [-0.39, 0.29) is 36.8 Å². The Kier molecular flexibility index (Phi) is 6.55. The Morgan fingerprint density at radius 2 is 1.85 bits per heavy atom. The summed E-state index contributed by atoms with van der Waals surface area (Å²) in [5.74, 6) is -1.30. The molecule has 4 rings (SSSR count). The van der Waals surface area contributed by atoms with Crippen LogP contribution >= 0.6 is 0 Å². The van der Waals surface area contributed by atoms with E-state index in [2.05, 4.69) is 5.32 Å². The topological polar surface area (TPSA) is 96.0 Å². The monoisotopic (exact) mass is 449 g/mol. The van der Waals surface area contributed by atoms with Crippen molar-refractivity contribution < 1.29 is 23.9 Å². The van der Waals surface area contributed by atoms with Gasteiger partial charge in [0.1, 0.15) is 6.04 Å². The molecule has 33 heavy (non-hydrogen) atoms. The molecule has 8 heteroatoms. The molecule has 2 fully saturated rings. The number of amides is 4. The molecule has 2 heterocycles. The van der Waals surface area contributed by atoms with Crippen molar-refractivity contribution in [3.05, 3.63) is 59.7 Å². The number of ether oxygens (including phenoxy) is 1. The van der Waals surface area contributed by atoms with Crippen molar-refractivity contribution in [3.63, 3.8) is 0 Å². The number of nitrogens with one attached hydrogen (secondary N) is 1. The number of carbonyl (C=O) groups excluding carboxylic acids is 4. The highest BCUT2D eigenvalue weighted by molar-refractivity contribution is 6.23. The van der Waals surface area contributed by atoms with Crippen LogP contribution in [0.1, 0.15) is 42.1 Å². The van der Waals surface area contributed by atoms with Gasteiger partial charge in [0.2, 0.25) is 11.8 Å². The number of nitrogens with zero attached hydrogens (tertiary/aromatic N) is 2. The van der Waals surface area contributed by atoms with Crippen LogP contribution in [0.3, 0.4) is 0 Å². The molecule has 2 unspecified atom stereocenters. The highest BCUT2D eigenvalue weighted by Crippen LogP contribution is 2.29. The van der Waals surface area contributed by atoms with Gasteiger partial charge in [-0.15, -0.1) is 0 Å². The minimum absolute atomic E-state index is 0.0867. The minimum atomic E-state index is -0.899. The Balaban J connectivity index is 1.61. The smallest absolute Gasteiger partial charge is 0.257 e. The van der Waals surface area contributed by atoms with Crippen molar-refractivity contribution >= 4 is 35.0 Å². The van der Waals surface area contributed by atoms with E-state index >= 15 is 0 Å². The third-order valence-corrected chi connectivity index (χ3v) is 6.01. The fourth-order valence-electron chi connectivity index (χ4n) is 4.35. The molecule has 0 radical (unpaired) electrons. The molecule has 2 aliphatic rings. The normalized spacial score (nSPS) is 20.2. The van der Waals surface area contributed by atoms with Crippen LogP contribution in [0.4, 0.5) is 11.4 Å². The van der Waals surface area contributed by atoms with Gasteiger partial charge in [-0.05, 0) is 55.7 Å². The molecule has 0 bridgehead atoms.